The minimum atomic E-state index is -4.41. The zero-order valence-electron chi connectivity index (χ0n) is 49.5. The normalized spacial score (nSPS) is 14.0. The molecule has 0 heterocycles. The summed E-state index contributed by atoms with van der Waals surface area (Å²) in [7, 11) is 1.43. The second-order valence-corrected chi connectivity index (χ2v) is 22.8. The maximum Gasteiger partial charge on any atom is 0.472 e. The zero-order chi connectivity index (χ0) is 55.6. The topological polar surface area (TPSA) is 108 Å². The molecule has 2 atom stereocenters. The largest absolute Gasteiger partial charge is 0.472 e. The number of quaternary nitrogens is 1. The molecular weight excluding hydrogens is 966 g/mol. The van der Waals surface area contributed by atoms with E-state index < -0.39 is 26.5 Å². The Labute approximate surface area is 467 Å². The van der Waals surface area contributed by atoms with Crippen LogP contribution in [0.3, 0.4) is 0 Å². The molecule has 10 heteroatoms. The van der Waals surface area contributed by atoms with Crippen LogP contribution in [0.25, 0.3) is 0 Å². The maximum atomic E-state index is 12.8. The van der Waals surface area contributed by atoms with E-state index >= 15 is 0 Å². The fourth-order valence-corrected chi connectivity index (χ4v) is 8.88. The van der Waals surface area contributed by atoms with Crippen molar-refractivity contribution in [2.24, 2.45) is 0 Å². The van der Waals surface area contributed by atoms with Gasteiger partial charge in [-0.2, -0.15) is 0 Å². The Balaban J connectivity index is 4.27. The number of likely N-dealkylation sites (N-methyl/N-ethyl adjacent to an activating group) is 1. The van der Waals surface area contributed by atoms with Crippen molar-refractivity contribution in [1.29, 1.82) is 0 Å². The SMILES string of the molecule is CC/C=C\C/C=C\C/C=C\C/C=C\C/C=C\C/C=C\C/C=C\C/C=C\C/C=C\CCCC(=O)OC(COC(=O)CCCCCCCCCCCCCCCCCCCCCCCCC)COP(=O)(O)OCC[N+](C)(C)C. The predicted molar refractivity (Wildman–Crippen MR) is 325 cm³/mol. The molecule has 0 amide bonds. The third kappa shape index (κ3) is 59.9. The van der Waals surface area contributed by atoms with Crippen molar-refractivity contribution in [2.45, 2.75) is 251 Å². The van der Waals surface area contributed by atoms with Crippen LogP contribution in [0.5, 0.6) is 0 Å². The molecule has 2 unspecified atom stereocenters. The highest BCUT2D eigenvalue weighted by molar-refractivity contribution is 7.47. The number of allylic oxidation sites excluding steroid dienone is 18. The molecule has 0 aromatic rings. The number of hydrogen-bond acceptors (Lipinski definition) is 7. The second-order valence-electron chi connectivity index (χ2n) is 21.4. The Morgan fingerprint density at radius 1 is 0.421 bits per heavy atom. The van der Waals surface area contributed by atoms with E-state index in [1.807, 2.05) is 21.1 Å². The van der Waals surface area contributed by atoms with E-state index in [2.05, 4.69) is 123 Å². The molecule has 76 heavy (non-hydrogen) atoms. The molecule has 0 saturated carbocycles. The first kappa shape index (κ1) is 72.7. The van der Waals surface area contributed by atoms with E-state index in [4.69, 9.17) is 18.5 Å². The number of rotatable bonds is 55. The Bertz CT molecular complexity index is 1650. The van der Waals surface area contributed by atoms with Crippen molar-refractivity contribution in [1.82, 2.24) is 0 Å². The molecule has 0 radical (unpaired) electrons. The monoisotopic (exact) mass is 1080 g/mol. The van der Waals surface area contributed by atoms with Crippen LogP contribution in [0, 0.1) is 0 Å². The van der Waals surface area contributed by atoms with Gasteiger partial charge in [0.25, 0.3) is 0 Å². The fraction of sp³-hybridized carbons (Fsp3) is 0.697. The summed E-state index contributed by atoms with van der Waals surface area (Å²) < 4.78 is 34.5. The van der Waals surface area contributed by atoms with Gasteiger partial charge in [0.2, 0.25) is 0 Å². The number of phosphoric acid groups is 1. The molecule has 0 fully saturated rings. The second kappa shape index (κ2) is 56.4. The van der Waals surface area contributed by atoms with Crippen molar-refractivity contribution in [3.8, 4) is 0 Å². The van der Waals surface area contributed by atoms with Crippen LogP contribution in [0.15, 0.2) is 109 Å². The zero-order valence-corrected chi connectivity index (χ0v) is 50.3. The number of nitrogens with zero attached hydrogens (tertiary/aromatic N) is 1. The molecule has 0 aromatic heterocycles. The standard InChI is InChI=1S/C66H114NO8P/c1-6-8-10-12-14-16-18-20-22-24-26-28-30-31-32-33-34-35-37-39-41-43-45-47-49-51-53-55-57-59-66(69)75-64(63-74-76(70,71)73-61-60-67(3,4)5)62-72-65(68)58-56-54-52-50-48-46-44-42-40-38-36-29-27-25-23-21-19-17-15-13-11-9-7-2/h8,10,14,16,20,22,26,28,31-32,34-35,39,41,45,47,51,53,64H,6-7,9,11-13,15,17-19,21,23-25,27,29-30,33,36-38,40,42-44,46,48-50,52,54-63H2,1-5H3/p+1/b10-8-,16-14-,22-20-,28-26-,32-31-,35-34-,41-39-,47-45-,53-51-. The van der Waals surface area contributed by atoms with Crippen LogP contribution >= 0.6 is 7.82 Å². The van der Waals surface area contributed by atoms with Crippen molar-refractivity contribution >= 4 is 19.8 Å². The number of ether oxygens (including phenoxy) is 2. The minimum Gasteiger partial charge on any atom is -0.462 e. The summed E-state index contributed by atoms with van der Waals surface area (Å²) in [6.45, 7) is 4.27. The van der Waals surface area contributed by atoms with Gasteiger partial charge < -0.3 is 18.9 Å². The van der Waals surface area contributed by atoms with E-state index in [1.54, 1.807) is 0 Å². The van der Waals surface area contributed by atoms with Gasteiger partial charge in [-0.3, -0.25) is 18.6 Å². The third-order valence-electron chi connectivity index (χ3n) is 12.8. The Morgan fingerprint density at radius 3 is 1.11 bits per heavy atom. The molecule has 0 saturated heterocycles. The summed E-state index contributed by atoms with van der Waals surface area (Å²) in [5, 5.41) is 0. The average Bonchev–Trinajstić information content (AvgIpc) is 3.38. The van der Waals surface area contributed by atoms with Gasteiger partial charge >= 0.3 is 19.8 Å². The first-order valence-corrected chi connectivity index (χ1v) is 32.1. The van der Waals surface area contributed by atoms with Gasteiger partial charge in [0, 0.05) is 12.8 Å². The highest BCUT2D eigenvalue weighted by atomic mass is 31.2. The van der Waals surface area contributed by atoms with Gasteiger partial charge in [0.15, 0.2) is 6.10 Å². The Kier molecular flexibility index (Phi) is 53.9. The number of phosphoric ester groups is 1. The predicted octanol–water partition coefficient (Wildman–Crippen LogP) is 19.4. The summed E-state index contributed by atoms with van der Waals surface area (Å²) in [5.74, 6) is -0.866. The van der Waals surface area contributed by atoms with Crippen molar-refractivity contribution in [3.63, 3.8) is 0 Å². The Morgan fingerprint density at radius 2 is 0.750 bits per heavy atom. The van der Waals surface area contributed by atoms with Gasteiger partial charge in [0.1, 0.15) is 19.8 Å². The average molecular weight is 1080 g/mol. The van der Waals surface area contributed by atoms with Gasteiger partial charge in [-0.1, -0.05) is 264 Å². The van der Waals surface area contributed by atoms with Crippen LogP contribution in [0.1, 0.15) is 245 Å². The molecule has 0 bridgehead atoms. The first-order chi connectivity index (χ1) is 37.0. The van der Waals surface area contributed by atoms with Crippen molar-refractivity contribution < 1.29 is 42.1 Å². The number of carbonyl (C=O) groups is 2. The van der Waals surface area contributed by atoms with E-state index in [1.165, 1.54) is 128 Å². The van der Waals surface area contributed by atoms with E-state index in [9.17, 15) is 19.0 Å². The van der Waals surface area contributed by atoms with E-state index in [-0.39, 0.29) is 32.0 Å². The number of hydrogen-bond donors (Lipinski definition) is 1. The Hall–Kier alpha value is -3.33. The molecule has 0 aliphatic heterocycles. The van der Waals surface area contributed by atoms with E-state index in [0.717, 1.165) is 77.0 Å². The van der Waals surface area contributed by atoms with Gasteiger partial charge in [-0.25, -0.2) is 4.57 Å². The lowest BCUT2D eigenvalue weighted by Crippen LogP contribution is -2.37. The summed E-state index contributed by atoms with van der Waals surface area (Å²) in [6.07, 6.45) is 78.9. The molecule has 0 aliphatic rings. The van der Waals surface area contributed by atoms with Gasteiger partial charge in [-0.05, 0) is 77.0 Å². The quantitative estimate of drug-likeness (QED) is 0.0211. The molecule has 0 spiro atoms. The van der Waals surface area contributed by atoms with Crippen LogP contribution in [-0.2, 0) is 32.7 Å². The lowest BCUT2D eigenvalue weighted by molar-refractivity contribution is -0.870. The number of carbonyl (C=O) groups excluding carboxylic acids is 2. The smallest absolute Gasteiger partial charge is 0.462 e. The highest BCUT2D eigenvalue weighted by Gasteiger charge is 2.27. The van der Waals surface area contributed by atoms with Gasteiger partial charge in [0.05, 0.1) is 27.7 Å². The molecule has 0 aromatic carbocycles. The lowest BCUT2D eigenvalue weighted by Gasteiger charge is -2.24. The molecule has 9 nitrogen and oxygen atoms in total. The highest BCUT2D eigenvalue weighted by Crippen LogP contribution is 2.43. The van der Waals surface area contributed by atoms with Gasteiger partial charge in [-0.15, -0.1) is 0 Å². The van der Waals surface area contributed by atoms with Crippen LogP contribution in [0.4, 0.5) is 0 Å². The first-order valence-electron chi connectivity index (χ1n) is 30.6. The fourth-order valence-electron chi connectivity index (χ4n) is 8.14. The number of esters is 2. The summed E-state index contributed by atoms with van der Waals surface area (Å²) >= 11 is 0. The lowest BCUT2D eigenvalue weighted by atomic mass is 10.0. The molecule has 0 aliphatic carbocycles. The molecule has 0 rings (SSSR count). The number of unbranched alkanes of at least 4 members (excludes halogenated alkanes) is 23. The molecular formula is C66H115NO8P+. The third-order valence-corrected chi connectivity index (χ3v) is 13.8. The summed E-state index contributed by atoms with van der Waals surface area (Å²) in [4.78, 5) is 35.7. The molecule has 1 N–H and O–H groups in total. The van der Waals surface area contributed by atoms with Crippen LogP contribution in [-0.4, -0.2) is 74.9 Å². The van der Waals surface area contributed by atoms with Crippen LogP contribution in [0.2, 0.25) is 0 Å². The van der Waals surface area contributed by atoms with Crippen molar-refractivity contribution in [3.05, 3.63) is 109 Å². The molecule has 436 valence electrons. The maximum absolute atomic E-state index is 12.8. The summed E-state index contributed by atoms with van der Waals surface area (Å²) in [6, 6.07) is 0. The van der Waals surface area contributed by atoms with Crippen molar-refractivity contribution in [2.75, 3.05) is 47.5 Å². The minimum absolute atomic E-state index is 0.0162. The summed E-state index contributed by atoms with van der Waals surface area (Å²) in [5.41, 5.74) is 0. The van der Waals surface area contributed by atoms with Crippen LogP contribution < -0.4 is 0 Å². The van der Waals surface area contributed by atoms with E-state index in [0.29, 0.717) is 23.9 Å².